The van der Waals surface area contributed by atoms with Gasteiger partial charge in [-0.2, -0.15) is 0 Å². The van der Waals surface area contributed by atoms with E-state index in [1.807, 2.05) is 12.1 Å². The Kier molecular flexibility index (Phi) is 2.13. The number of halogens is 1. The van der Waals surface area contributed by atoms with Gasteiger partial charge in [0.15, 0.2) is 0 Å². The number of fused-ring (bicyclic) bond motifs is 1. The molecule has 0 bridgehead atoms. The summed E-state index contributed by atoms with van der Waals surface area (Å²) in [6.07, 6.45) is 0. The Morgan fingerprint density at radius 1 is 1.29 bits per heavy atom. The number of primary sulfonamides is 1. The number of rotatable bonds is 1. The van der Waals surface area contributed by atoms with Crippen molar-refractivity contribution >= 4 is 36.9 Å². The first-order chi connectivity index (χ1) is 6.47. The molecule has 0 radical (unpaired) electrons. The number of nitrogens with one attached hydrogen (secondary N) is 1. The molecule has 0 fully saturated rings. The molecule has 1 aromatic heterocycles. The molecule has 6 heteroatoms. The lowest BCUT2D eigenvalue weighted by Crippen LogP contribution is -2.12. The SMILES string of the molecule is NS(=O)(=O)c1cc2cc(Br)ccc2[nH]1. The largest absolute Gasteiger partial charge is 0.345 e. The monoisotopic (exact) mass is 274 g/mol. The Labute approximate surface area is 89.3 Å². The van der Waals surface area contributed by atoms with E-state index in [0.717, 1.165) is 15.4 Å². The van der Waals surface area contributed by atoms with E-state index in [9.17, 15) is 8.42 Å². The van der Waals surface area contributed by atoms with Gasteiger partial charge in [0.2, 0.25) is 0 Å². The van der Waals surface area contributed by atoms with Crippen molar-refractivity contribution < 1.29 is 8.42 Å². The maximum absolute atomic E-state index is 11.0. The zero-order valence-corrected chi connectivity index (χ0v) is 9.39. The molecule has 3 N–H and O–H groups in total. The zero-order chi connectivity index (χ0) is 10.3. The Hall–Kier alpha value is -0.850. The molecule has 0 saturated carbocycles. The Balaban J connectivity index is 2.75. The van der Waals surface area contributed by atoms with Crippen LogP contribution in [0.2, 0.25) is 0 Å². The van der Waals surface area contributed by atoms with Crippen LogP contribution in [0.4, 0.5) is 0 Å². The van der Waals surface area contributed by atoms with Gasteiger partial charge in [-0.15, -0.1) is 0 Å². The molecule has 0 aliphatic rings. The van der Waals surface area contributed by atoms with Crippen molar-refractivity contribution in [1.29, 1.82) is 0 Å². The van der Waals surface area contributed by atoms with Crippen LogP contribution in [0.3, 0.4) is 0 Å². The maximum Gasteiger partial charge on any atom is 0.253 e. The average molecular weight is 275 g/mol. The fourth-order valence-electron chi connectivity index (χ4n) is 1.23. The predicted octanol–water partition coefficient (Wildman–Crippen LogP) is 1.58. The maximum atomic E-state index is 11.0. The molecule has 74 valence electrons. The molecule has 0 unspecified atom stereocenters. The number of benzene rings is 1. The van der Waals surface area contributed by atoms with Crippen LogP contribution in [-0.2, 0) is 10.0 Å². The van der Waals surface area contributed by atoms with Crippen molar-refractivity contribution in [3.63, 3.8) is 0 Å². The molecule has 2 aromatic rings. The lowest BCUT2D eigenvalue weighted by Gasteiger charge is -1.89. The van der Waals surface area contributed by atoms with Gasteiger partial charge in [-0.1, -0.05) is 15.9 Å². The van der Waals surface area contributed by atoms with Crippen molar-refractivity contribution in [2.24, 2.45) is 5.14 Å². The van der Waals surface area contributed by atoms with E-state index in [2.05, 4.69) is 20.9 Å². The number of nitrogens with two attached hydrogens (primary N) is 1. The van der Waals surface area contributed by atoms with Crippen molar-refractivity contribution in [3.05, 3.63) is 28.7 Å². The lowest BCUT2D eigenvalue weighted by molar-refractivity contribution is 0.595. The van der Waals surface area contributed by atoms with Gasteiger partial charge < -0.3 is 4.98 Å². The third kappa shape index (κ3) is 1.68. The molecular weight excluding hydrogens is 268 g/mol. The summed E-state index contributed by atoms with van der Waals surface area (Å²) in [4.78, 5) is 2.73. The first-order valence-electron chi connectivity index (χ1n) is 3.78. The van der Waals surface area contributed by atoms with Crippen molar-refractivity contribution in [2.75, 3.05) is 0 Å². The summed E-state index contributed by atoms with van der Waals surface area (Å²) in [6, 6.07) is 6.94. The van der Waals surface area contributed by atoms with Gasteiger partial charge in [-0.05, 0) is 24.3 Å². The number of sulfonamides is 1. The van der Waals surface area contributed by atoms with Gasteiger partial charge in [0, 0.05) is 15.4 Å². The van der Waals surface area contributed by atoms with E-state index in [4.69, 9.17) is 5.14 Å². The molecule has 14 heavy (non-hydrogen) atoms. The standard InChI is InChI=1S/C8H7BrN2O2S/c9-6-1-2-7-5(3-6)4-8(11-7)14(10,12)13/h1-4,11H,(H2,10,12,13). The molecule has 0 aliphatic heterocycles. The molecule has 4 nitrogen and oxygen atoms in total. The Morgan fingerprint density at radius 3 is 2.64 bits per heavy atom. The van der Waals surface area contributed by atoms with Crippen LogP contribution in [-0.4, -0.2) is 13.4 Å². The highest BCUT2D eigenvalue weighted by Gasteiger charge is 2.10. The van der Waals surface area contributed by atoms with Gasteiger partial charge in [0.25, 0.3) is 10.0 Å². The second-order valence-electron chi connectivity index (χ2n) is 2.91. The van der Waals surface area contributed by atoms with E-state index < -0.39 is 10.0 Å². The summed E-state index contributed by atoms with van der Waals surface area (Å²) in [5, 5.41) is 5.83. The molecule has 0 spiro atoms. The van der Waals surface area contributed by atoms with Crippen molar-refractivity contribution in [1.82, 2.24) is 4.98 Å². The van der Waals surface area contributed by atoms with Crippen molar-refractivity contribution in [3.8, 4) is 0 Å². The highest BCUT2D eigenvalue weighted by atomic mass is 79.9. The second-order valence-corrected chi connectivity index (χ2v) is 5.36. The summed E-state index contributed by atoms with van der Waals surface area (Å²) < 4.78 is 22.9. The minimum atomic E-state index is -3.65. The number of hydrogen-bond acceptors (Lipinski definition) is 2. The molecule has 1 aromatic carbocycles. The smallest absolute Gasteiger partial charge is 0.253 e. The van der Waals surface area contributed by atoms with Crippen LogP contribution in [0, 0.1) is 0 Å². The number of H-pyrrole nitrogens is 1. The minimum Gasteiger partial charge on any atom is -0.345 e. The lowest BCUT2D eigenvalue weighted by atomic mass is 10.3. The summed E-state index contributed by atoms with van der Waals surface area (Å²) >= 11 is 3.30. The van der Waals surface area contributed by atoms with Crippen LogP contribution in [0.15, 0.2) is 33.8 Å². The molecule has 0 aliphatic carbocycles. The van der Waals surface area contributed by atoms with Crippen LogP contribution in [0.1, 0.15) is 0 Å². The highest BCUT2D eigenvalue weighted by Crippen LogP contribution is 2.21. The average Bonchev–Trinajstić information content (AvgIpc) is 2.45. The van der Waals surface area contributed by atoms with Gasteiger partial charge in [0.05, 0.1) is 0 Å². The molecule has 2 rings (SSSR count). The Morgan fingerprint density at radius 2 is 2.00 bits per heavy atom. The highest BCUT2D eigenvalue weighted by molar-refractivity contribution is 9.10. The van der Waals surface area contributed by atoms with Crippen LogP contribution in [0.25, 0.3) is 10.9 Å². The zero-order valence-electron chi connectivity index (χ0n) is 6.99. The Bertz CT molecular complexity index is 588. The summed E-state index contributed by atoms with van der Waals surface area (Å²) in [5.74, 6) is 0. The quantitative estimate of drug-likeness (QED) is 0.829. The van der Waals surface area contributed by atoms with E-state index in [1.165, 1.54) is 6.07 Å². The molecule has 1 heterocycles. The van der Waals surface area contributed by atoms with Crippen LogP contribution < -0.4 is 5.14 Å². The molecule has 0 amide bonds. The normalized spacial score (nSPS) is 12.1. The summed E-state index contributed by atoms with van der Waals surface area (Å²) in [5.41, 5.74) is 0.747. The third-order valence-electron chi connectivity index (χ3n) is 1.86. The van der Waals surface area contributed by atoms with Gasteiger partial charge in [-0.3, -0.25) is 0 Å². The minimum absolute atomic E-state index is 0.0330. The fraction of sp³-hybridized carbons (Fsp3) is 0. The van der Waals surface area contributed by atoms with Crippen LogP contribution in [0.5, 0.6) is 0 Å². The number of hydrogen-bond donors (Lipinski definition) is 2. The number of aromatic nitrogens is 1. The van der Waals surface area contributed by atoms with E-state index >= 15 is 0 Å². The van der Waals surface area contributed by atoms with Crippen LogP contribution >= 0.6 is 15.9 Å². The third-order valence-corrected chi connectivity index (χ3v) is 3.19. The first-order valence-corrected chi connectivity index (χ1v) is 6.12. The fourth-order valence-corrected chi connectivity index (χ4v) is 2.15. The summed E-state index contributed by atoms with van der Waals surface area (Å²) in [7, 11) is -3.65. The molecular formula is C8H7BrN2O2S. The van der Waals surface area contributed by atoms with Gasteiger partial charge in [-0.25, -0.2) is 13.6 Å². The van der Waals surface area contributed by atoms with E-state index in [0.29, 0.717) is 0 Å². The summed E-state index contributed by atoms with van der Waals surface area (Å²) in [6.45, 7) is 0. The van der Waals surface area contributed by atoms with E-state index in [1.54, 1.807) is 6.07 Å². The van der Waals surface area contributed by atoms with Gasteiger partial charge in [0.1, 0.15) is 5.03 Å². The molecule has 0 saturated heterocycles. The second kappa shape index (κ2) is 3.08. The molecule has 0 atom stereocenters. The first kappa shape index (κ1) is 9.70. The topological polar surface area (TPSA) is 76.0 Å². The predicted molar refractivity (Wildman–Crippen MR) is 57.4 cm³/mol. The van der Waals surface area contributed by atoms with Crippen molar-refractivity contribution in [2.45, 2.75) is 5.03 Å². The van der Waals surface area contributed by atoms with Gasteiger partial charge >= 0.3 is 0 Å². The number of aromatic amines is 1. The van der Waals surface area contributed by atoms with E-state index in [-0.39, 0.29) is 5.03 Å².